The van der Waals surface area contributed by atoms with Gasteiger partial charge in [0.15, 0.2) is 0 Å². The van der Waals surface area contributed by atoms with E-state index in [9.17, 15) is 0 Å². The van der Waals surface area contributed by atoms with Crippen LogP contribution in [-0.2, 0) is 6.54 Å². The zero-order chi connectivity index (χ0) is 13.0. The minimum Gasteiger partial charge on any atom is -0.330 e. The second kappa shape index (κ2) is 6.14. The van der Waals surface area contributed by atoms with Gasteiger partial charge in [0, 0.05) is 17.3 Å². The van der Waals surface area contributed by atoms with Crippen molar-refractivity contribution < 1.29 is 0 Å². The first-order valence-electron chi connectivity index (χ1n) is 6.29. The fraction of sp³-hybridized carbons (Fsp3) is 0.333. The highest BCUT2D eigenvalue weighted by Crippen LogP contribution is 2.35. The Balaban J connectivity index is 2.45. The Morgan fingerprint density at radius 2 is 1.94 bits per heavy atom. The van der Waals surface area contributed by atoms with Crippen molar-refractivity contribution in [1.82, 2.24) is 0 Å². The molecule has 0 bridgehead atoms. The summed E-state index contributed by atoms with van der Waals surface area (Å²) in [5, 5.41) is 2.15. The highest BCUT2D eigenvalue weighted by molar-refractivity contribution is 7.10. The molecule has 0 amide bonds. The highest BCUT2D eigenvalue weighted by atomic mass is 32.1. The molecular formula is C15H20N2S. The molecule has 0 aliphatic carbocycles. The zero-order valence-electron chi connectivity index (χ0n) is 10.7. The molecule has 3 heteroatoms. The molecule has 1 aromatic carbocycles. The minimum absolute atomic E-state index is 0.384. The molecule has 0 radical (unpaired) electrons. The van der Waals surface area contributed by atoms with Crippen LogP contribution < -0.4 is 11.5 Å². The van der Waals surface area contributed by atoms with Gasteiger partial charge in [-0.2, -0.15) is 0 Å². The molecule has 1 atom stereocenters. The molecule has 0 saturated heterocycles. The summed E-state index contributed by atoms with van der Waals surface area (Å²) < 4.78 is 0. The first-order valence-corrected chi connectivity index (χ1v) is 7.17. The molecule has 0 aliphatic heterocycles. The number of rotatable bonds is 5. The summed E-state index contributed by atoms with van der Waals surface area (Å²) in [7, 11) is 0. The molecule has 96 valence electrons. The van der Waals surface area contributed by atoms with E-state index >= 15 is 0 Å². The third kappa shape index (κ3) is 2.64. The van der Waals surface area contributed by atoms with E-state index in [0.29, 0.717) is 19.0 Å². The van der Waals surface area contributed by atoms with E-state index < -0.39 is 0 Å². The van der Waals surface area contributed by atoms with E-state index in [1.165, 1.54) is 21.6 Å². The smallest absolute Gasteiger partial charge is 0.0201 e. The molecule has 0 aliphatic rings. The van der Waals surface area contributed by atoms with Gasteiger partial charge in [-0.3, -0.25) is 0 Å². The van der Waals surface area contributed by atoms with Gasteiger partial charge in [-0.05, 0) is 48.0 Å². The average molecular weight is 260 g/mol. The summed E-state index contributed by atoms with van der Waals surface area (Å²) in [6.07, 6.45) is 0.971. The first kappa shape index (κ1) is 13.3. The van der Waals surface area contributed by atoms with Crippen LogP contribution in [0.1, 0.15) is 33.9 Å². The quantitative estimate of drug-likeness (QED) is 0.868. The third-order valence-electron chi connectivity index (χ3n) is 3.32. The largest absolute Gasteiger partial charge is 0.330 e. The standard InChI is InChI=1S/C15H20N2S/c1-11-7-9-18-15(11)14(6-8-16)13-5-3-2-4-12(13)10-17/h2-5,7,9,14H,6,8,10,16-17H2,1H3. The van der Waals surface area contributed by atoms with E-state index in [4.69, 9.17) is 11.5 Å². The van der Waals surface area contributed by atoms with Gasteiger partial charge < -0.3 is 11.5 Å². The van der Waals surface area contributed by atoms with E-state index in [1.54, 1.807) is 0 Å². The van der Waals surface area contributed by atoms with Gasteiger partial charge in [0.25, 0.3) is 0 Å². The lowest BCUT2D eigenvalue weighted by Gasteiger charge is -2.19. The summed E-state index contributed by atoms with van der Waals surface area (Å²) in [4.78, 5) is 1.42. The Bertz CT molecular complexity index is 505. The molecule has 1 heterocycles. The molecule has 0 spiro atoms. The monoisotopic (exact) mass is 260 g/mol. The average Bonchev–Trinajstić information content (AvgIpc) is 2.82. The SMILES string of the molecule is Cc1ccsc1C(CCN)c1ccccc1CN. The van der Waals surface area contributed by atoms with Crippen LogP contribution >= 0.6 is 11.3 Å². The maximum atomic E-state index is 5.85. The Hall–Kier alpha value is -1.16. The molecule has 1 unspecified atom stereocenters. The van der Waals surface area contributed by atoms with E-state index in [-0.39, 0.29) is 0 Å². The molecule has 4 N–H and O–H groups in total. The predicted molar refractivity (Wildman–Crippen MR) is 78.9 cm³/mol. The van der Waals surface area contributed by atoms with E-state index in [2.05, 4.69) is 36.6 Å². The van der Waals surface area contributed by atoms with Crippen LogP contribution in [0, 0.1) is 6.92 Å². The zero-order valence-corrected chi connectivity index (χ0v) is 11.5. The summed E-state index contributed by atoms with van der Waals surface area (Å²) in [6, 6.07) is 10.6. The van der Waals surface area contributed by atoms with Gasteiger partial charge >= 0.3 is 0 Å². The van der Waals surface area contributed by atoms with Crippen LogP contribution in [0.15, 0.2) is 35.7 Å². The second-order valence-corrected chi connectivity index (χ2v) is 5.45. The topological polar surface area (TPSA) is 52.0 Å². The fourth-order valence-electron chi connectivity index (χ4n) is 2.40. The van der Waals surface area contributed by atoms with Crippen LogP contribution in [0.5, 0.6) is 0 Å². The molecule has 18 heavy (non-hydrogen) atoms. The normalized spacial score (nSPS) is 12.6. The van der Waals surface area contributed by atoms with Crippen LogP contribution in [-0.4, -0.2) is 6.54 Å². The number of hydrogen-bond donors (Lipinski definition) is 2. The van der Waals surface area contributed by atoms with Crippen molar-refractivity contribution in [2.75, 3.05) is 6.54 Å². The van der Waals surface area contributed by atoms with Gasteiger partial charge in [-0.1, -0.05) is 24.3 Å². The van der Waals surface area contributed by atoms with Crippen LogP contribution in [0.4, 0.5) is 0 Å². The Morgan fingerprint density at radius 3 is 2.56 bits per heavy atom. The fourth-order valence-corrected chi connectivity index (χ4v) is 3.48. The van der Waals surface area contributed by atoms with Crippen molar-refractivity contribution in [1.29, 1.82) is 0 Å². The van der Waals surface area contributed by atoms with Crippen molar-refractivity contribution in [3.05, 3.63) is 57.3 Å². The van der Waals surface area contributed by atoms with Crippen LogP contribution in [0.25, 0.3) is 0 Å². The van der Waals surface area contributed by atoms with Crippen molar-refractivity contribution in [3.8, 4) is 0 Å². The van der Waals surface area contributed by atoms with Gasteiger partial charge in [-0.15, -0.1) is 11.3 Å². The van der Waals surface area contributed by atoms with Gasteiger partial charge in [0.05, 0.1) is 0 Å². The highest BCUT2D eigenvalue weighted by Gasteiger charge is 2.18. The van der Waals surface area contributed by atoms with Gasteiger partial charge in [0.2, 0.25) is 0 Å². The van der Waals surface area contributed by atoms with Crippen molar-refractivity contribution in [3.63, 3.8) is 0 Å². The van der Waals surface area contributed by atoms with E-state index in [1.807, 2.05) is 17.4 Å². The molecule has 2 rings (SSSR count). The summed E-state index contributed by atoms with van der Waals surface area (Å²) in [5.41, 5.74) is 15.5. The first-order chi connectivity index (χ1) is 8.77. The van der Waals surface area contributed by atoms with Crippen molar-refractivity contribution in [2.45, 2.75) is 25.8 Å². The maximum Gasteiger partial charge on any atom is 0.0201 e. The molecular weight excluding hydrogens is 240 g/mol. The lowest BCUT2D eigenvalue weighted by Crippen LogP contribution is -2.12. The number of hydrogen-bond acceptors (Lipinski definition) is 3. The molecule has 1 aromatic heterocycles. The molecule has 0 fully saturated rings. The van der Waals surface area contributed by atoms with Crippen molar-refractivity contribution in [2.24, 2.45) is 11.5 Å². The molecule has 2 aromatic rings. The number of aryl methyl sites for hydroxylation is 1. The second-order valence-electron chi connectivity index (χ2n) is 4.50. The Morgan fingerprint density at radius 1 is 1.17 bits per heavy atom. The minimum atomic E-state index is 0.384. The third-order valence-corrected chi connectivity index (χ3v) is 4.46. The molecule has 0 saturated carbocycles. The number of benzene rings is 1. The Labute approximate surface area is 113 Å². The summed E-state index contributed by atoms with van der Waals surface area (Å²) in [6.45, 7) is 3.45. The summed E-state index contributed by atoms with van der Waals surface area (Å²) >= 11 is 1.82. The maximum absolute atomic E-state index is 5.85. The van der Waals surface area contributed by atoms with Gasteiger partial charge in [-0.25, -0.2) is 0 Å². The number of thiophene rings is 1. The van der Waals surface area contributed by atoms with Crippen LogP contribution in [0.2, 0.25) is 0 Å². The lowest BCUT2D eigenvalue weighted by molar-refractivity contribution is 0.724. The number of nitrogens with two attached hydrogens (primary N) is 2. The Kier molecular flexibility index (Phi) is 4.53. The predicted octanol–water partition coefficient (Wildman–Crippen LogP) is 3.00. The van der Waals surface area contributed by atoms with Crippen LogP contribution in [0.3, 0.4) is 0 Å². The summed E-state index contributed by atoms with van der Waals surface area (Å²) in [5.74, 6) is 0.384. The van der Waals surface area contributed by atoms with Crippen molar-refractivity contribution >= 4 is 11.3 Å². The van der Waals surface area contributed by atoms with Gasteiger partial charge in [0.1, 0.15) is 0 Å². The molecule has 2 nitrogen and oxygen atoms in total. The van der Waals surface area contributed by atoms with E-state index in [0.717, 1.165) is 6.42 Å². The lowest BCUT2D eigenvalue weighted by atomic mass is 9.89.